The van der Waals surface area contributed by atoms with Crippen molar-refractivity contribution in [2.75, 3.05) is 33.3 Å². The summed E-state index contributed by atoms with van der Waals surface area (Å²) in [4.78, 5) is 0.246. The Bertz CT molecular complexity index is 788. The Hall–Kier alpha value is -1.93. The third kappa shape index (κ3) is 4.82. The van der Waals surface area contributed by atoms with E-state index in [1.54, 1.807) is 31.3 Å². The quantitative estimate of drug-likeness (QED) is 0.799. The molecule has 0 aliphatic carbocycles. The largest absolute Gasteiger partial charge is 0.489 e. The maximum atomic E-state index is 12.7. The van der Waals surface area contributed by atoms with Gasteiger partial charge in [-0.3, -0.25) is 0 Å². The Morgan fingerprint density at radius 1 is 1.15 bits per heavy atom. The molecule has 0 radical (unpaired) electrons. The fourth-order valence-electron chi connectivity index (χ4n) is 2.75. The molecular formula is C19H24N2O4S. The second-order valence-corrected chi connectivity index (χ2v) is 8.27. The minimum Gasteiger partial charge on any atom is -0.489 e. The van der Waals surface area contributed by atoms with E-state index in [0.717, 1.165) is 12.1 Å². The normalized spacial score (nSPS) is 18.0. The maximum absolute atomic E-state index is 12.7. The molecule has 0 saturated carbocycles. The number of hydrogen-bond donors (Lipinski definition) is 1. The molecule has 1 aliphatic heterocycles. The van der Waals surface area contributed by atoms with Crippen LogP contribution in [0.4, 0.5) is 0 Å². The summed E-state index contributed by atoms with van der Waals surface area (Å²) < 4.78 is 38.0. The van der Waals surface area contributed by atoms with Crippen molar-refractivity contribution in [2.45, 2.75) is 17.6 Å². The van der Waals surface area contributed by atoms with Crippen LogP contribution in [-0.4, -0.2) is 52.1 Å². The number of sulfonamides is 1. The van der Waals surface area contributed by atoms with E-state index in [0.29, 0.717) is 32.1 Å². The van der Waals surface area contributed by atoms with E-state index in [-0.39, 0.29) is 11.0 Å². The van der Waals surface area contributed by atoms with Crippen molar-refractivity contribution in [3.05, 3.63) is 60.2 Å². The Kier molecular flexibility index (Phi) is 6.26. The molecule has 1 N–H and O–H groups in total. The van der Waals surface area contributed by atoms with Crippen molar-refractivity contribution in [1.29, 1.82) is 0 Å². The molecule has 1 fully saturated rings. The van der Waals surface area contributed by atoms with Crippen LogP contribution in [0.3, 0.4) is 0 Å². The lowest BCUT2D eigenvalue weighted by Gasteiger charge is -2.27. The third-order valence-corrected chi connectivity index (χ3v) is 6.08. The van der Waals surface area contributed by atoms with Crippen LogP contribution in [0.5, 0.6) is 5.75 Å². The summed E-state index contributed by atoms with van der Waals surface area (Å²) in [6, 6.07) is 16.3. The van der Waals surface area contributed by atoms with Crippen LogP contribution < -0.4 is 10.1 Å². The Labute approximate surface area is 154 Å². The van der Waals surface area contributed by atoms with Gasteiger partial charge in [0.05, 0.1) is 17.6 Å². The average molecular weight is 376 g/mol. The zero-order chi connectivity index (χ0) is 18.4. The van der Waals surface area contributed by atoms with Crippen LogP contribution in [0.1, 0.15) is 5.56 Å². The maximum Gasteiger partial charge on any atom is 0.242 e. The Balaban J connectivity index is 1.60. The van der Waals surface area contributed by atoms with Gasteiger partial charge in [0.2, 0.25) is 10.0 Å². The molecule has 2 aromatic rings. The molecule has 1 atom stereocenters. The summed E-state index contributed by atoms with van der Waals surface area (Å²) in [7, 11) is -1.98. The molecule has 1 heterocycles. The van der Waals surface area contributed by atoms with Gasteiger partial charge >= 0.3 is 0 Å². The number of morpholine rings is 1. The number of ether oxygens (including phenoxy) is 2. The van der Waals surface area contributed by atoms with E-state index < -0.39 is 10.0 Å². The van der Waals surface area contributed by atoms with Gasteiger partial charge in [-0.1, -0.05) is 30.3 Å². The van der Waals surface area contributed by atoms with Crippen molar-refractivity contribution < 1.29 is 17.9 Å². The van der Waals surface area contributed by atoms with Crippen molar-refractivity contribution in [3.8, 4) is 5.75 Å². The predicted octanol–water partition coefficient (Wildman–Crippen LogP) is 1.87. The number of nitrogens with zero attached hydrogens (tertiary/aromatic N) is 1. The minimum absolute atomic E-state index is 0.128. The number of hydrogen-bond acceptors (Lipinski definition) is 5. The second kappa shape index (κ2) is 8.64. The molecular weight excluding hydrogens is 352 g/mol. The highest BCUT2D eigenvalue weighted by molar-refractivity contribution is 7.89. The average Bonchev–Trinajstić information content (AvgIpc) is 2.68. The standard InChI is InChI=1S/C19H24N2O4S/c1-21(14-18-13-20-11-12-24-18)26(22,23)19-9-7-17(8-10-19)25-15-16-5-3-2-4-6-16/h2-10,18,20H,11-15H2,1H3. The van der Waals surface area contributed by atoms with Crippen molar-refractivity contribution in [3.63, 3.8) is 0 Å². The smallest absolute Gasteiger partial charge is 0.242 e. The third-order valence-electron chi connectivity index (χ3n) is 4.25. The van der Waals surface area contributed by atoms with Gasteiger partial charge < -0.3 is 14.8 Å². The molecule has 1 saturated heterocycles. The van der Waals surface area contributed by atoms with Gasteiger partial charge in [-0.15, -0.1) is 0 Å². The zero-order valence-electron chi connectivity index (χ0n) is 14.8. The van der Waals surface area contributed by atoms with Gasteiger partial charge in [-0.2, -0.15) is 4.31 Å². The van der Waals surface area contributed by atoms with Gasteiger partial charge in [0.1, 0.15) is 12.4 Å². The lowest BCUT2D eigenvalue weighted by molar-refractivity contribution is 0.0206. The SMILES string of the molecule is CN(CC1CNCCO1)S(=O)(=O)c1ccc(OCc2ccccc2)cc1. The predicted molar refractivity (Wildman–Crippen MR) is 99.6 cm³/mol. The first-order valence-electron chi connectivity index (χ1n) is 8.61. The van der Waals surface area contributed by atoms with Crippen LogP contribution in [0, 0.1) is 0 Å². The molecule has 0 spiro atoms. The molecule has 26 heavy (non-hydrogen) atoms. The van der Waals surface area contributed by atoms with Crippen molar-refractivity contribution in [1.82, 2.24) is 9.62 Å². The van der Waals surface area contributed by atoms with E-state index in [2.05, 4.69) is 5.32 Å². The highest BCUT2D eigenvalue weighted by atomic mass is 32.2. The first-order chi connectivity index (χ1) is 12.6. The van der Waals surface area contributed by atoms with Crippen LogP contribution in [-0.2, 0) is 21.4 Å². The van der Waals surface area contributed by atoms with E-state index in [9.17, 15) is 8.42 Å². The van der Waals surface area contributed by atoms with Gasteiger partial charge in [0.15, 0.2) is 0 Å². The lowest BCUT2D eigenvalue weighted by atomic mass is 10.2. The van der Waals surface area contributed by atoms with Crippen molar-refractivity contribution in [2.24, 2.45) is 0 Å². The van der Waals surface area contributed by atoms with Gasteiger partial charge in [0, 0.05) is 26.7 Å². The highest BCUT2D eigenvalue weighted by Crippen LogP contribution is 2.20. The monoisotopic (exact) mass is 376 g/mol. The second-order valence-electron chi connectivity index (χ2n) is 6.23. The lowest BCUT2D eigenvalue weighted by Crippen LogP contribution is -2.45. The van der Waals surface area contributed by atoms with Gasteiger partial charge in [-0.05, 0) is 29.8 Å². The fourth-order valence-corrected chi connectivity index (χ4v) is 3.95. The van der Waals surface area contributed by atoms with Crippen molar-refractivity contribution >= 4 is 10.0 Å². The Morgan fingerprint density at radius 2 is 1.88 bits per heavy atom. The Morgan fingerprint density at radius 3 is 2.54 bits per heavy atom. The highest BCUT2D eigenvalue weighted by Gasteiger charge is 2.25. The number of rotatable bonds is 7. The summed E-state index contributed by atoms with van der Waals surface area (Å²) in [6.07, 6.45) is -0.128. The molecule has 2 aromatic carbocycles. The molecule has 1 aliphatic rings. The summed E-state index contributed by atoms with van der Waals surface area (Å²) in [5, 5.41) is 3.20. The van der Waals surface area contributed by atoms with E-state index in [4.69, 9.17) is 9.47 Å². The van der Waals surface area contributed by atoms with Crippen LogP contribution in [0.25, 0.3) is 0 Å². The molecule has 0 bridgehead atoms. The number of benzene rings is 2. The minimum atomic E-state index is -3.55. The van der Waals surface area contributed by atoms with E-state index in [1.165, 1.54) is 4.31 Å². The van der Waals surface area contributed by atoms with E-state index in [1.807, 2.05) is 30.3 Å². The molecule has 0 aromatic heterocycles. The summed E-state index contributed by atoms with van der Waals surface area (Å²) in [5.74, 6) is 0.635. The molecule has 3 rings (SSSR count). The summed E-state index contributed by atoms with van der Waals surface area (Å²) >= 11 is 0. The number of nitrogens with one attached hydrogen (secondary N) is 1. The topological polar surface area (TPSA) is 67.9 Å². The molecule has 0 amide bonds. The van der Waals surface area contributed by atoms with Crippen LogP contribution in [0.2, 0.25) is 0 Å². The fraction of sp³-hybridized carbons (Fsp3) is 0.368. The molecule has 1 unspecified atom stereocenters. The zero-order valence-corrected chi connectivity index (χ0v) is 15.6. The van der Waals surface area contributed by atoms with Gasteiger partial charge in [0.25, 0.3) is 0 Å². The number of likely N-dealkylation sites (N-methyl/N-ethyl adjacent to an activating group) is 1. The first-order valence-corrected chi connectivity index (χ1v) is 10.0. The summed E-state index contributed by atoms with van der Waals surface area (Å²) in [6.45, 7) is 2.83. The van der Waals surface area contributed by atoms with Crippen LogP contribution in [0.15, 0.2) is 59.5 Å². The summed E-state index contributed by atoms with van der Waals surface area (Å²) in [5.41, 5.74) is 1.06. The molecule has 7 heteroatoms. The van der Waals surface area contributed by atoms with Gasteiger partial charge in [-0.25, -0.2) is 8.42 Å². The molecule has 140 valence electrons. The van der Waals surface area contributed by atoms with Crippen LogP contribution >= 0.6 is 0 Å². The van der Waals surface area contributed by atoms with E-state index >= 15 is 0 Å². The molecule has 6 nitrogen and oxygen atoms in total. The first kappa shape index (κ1) is 18.8.